The van der Waals surface area contributed by atoms with E-state index in [2.05, 4.69) is 10.2 Å². The first-order chi connectivity index (χ1) is 7.02. The molecule has 84 valence electrons. The molecule has 1 rings (SSSR count). The Kier molecular flexibility index (Phi) is 4.32. The van der Waals surface area contributed by atoms with Crippen molar-refractivity contribution in [1.29, 1.82) is 0 Å². The van der Waals surface area contributed by atoms with Gasteiger partial charge in [0.1, 0.15) is 0 Å². The molecular weight excluding hydrogens is 210 g/mol. The molecule has 1 aliphatic heterocycles. The van der Waals surface area contributed by atoms with Crippen LogP contribution in [0.3, 0.4) is 0 Å². The van der Waals surface area contributed by atoms with Gasteiger partial charge in [-0.2, -0.15) is 5.10 Å². The van der Waals surface area contributed by atoms with Crippen molar-refractivity contribution >= 4 is 29.1 Å². The van der Waals surface area contributed by atoms with Crippen LogP contribution in [0.25, 0.3) is 0 Å². The average Bonchev–Trinajstić information content (AvgIpc) is 2.46. The molecule has 0 aliphatic carbocycles. The summed E-state index contributed by atoms with van der Waals surface area (Å²) >= 11 is 1.45. The number of rotatable bonds is 3. The molecule has 0 unspecified atom stereocenters. The van der Waals surface area contributed by atoms with Crippen molar-refractivity contribution in [3.8, 4) is 0 Å². The van der Waals surface area contributed by atoms with Crippen molar-refractivity contribution in [3.63, 3.8) is 0 Å². The van der Waals surface area contributed by atoms with Gasteiger partial charge in [-0.15, -0.1) is 5.10 Å². The molecule has 0 spiro atoms. The van der Waals surface area contributed by atoms with E-state index in [0.717, 1.165) is 0 Å². The lowest BCUT2D eigenvalue weighted by atomic mass is 10.3. The number of amides is 1. The van der Waals surface area contributed by atoms with E-state index in [4.69, 9.17) is 0 Å². The van der Waals surface area contributed by atoms with E-state index in [1.807, 2.05) is 27.7 Å². The monoisotopic (exact) mass is 227 g/mol. The van der Waals surface area contributed by atoms with Gasteiger partial charge in [-0.25, -0.2) is 0 Å². The van der Waals surface area contributed by atoms with E-state index in [0.29, 0.717) is 16.8 Å². The van der Waals surface area contributed by atoms with E-state index >= 15 is 0 Å². The molecule has 0 radical (unpaired) electrons. The van der Waals surface area contributed by atoms with Gasteiger partial charge in [0.15, 0.2) is 5.17 Å². The lowest BCUT2D eigenvalue weighted by Crippen LogP contribution is -2.35. The molecule has 4 nitrogen and oxygen atoms in total. The molecular formula is C10H17N3OS. The Morgan fingerprint density at radius 3 is 2.60 bits per heavy atom. The third-order valence-electron chi connectivity index (χ3n) is 1.82. The second-order valence-corrected chi connectivity index (χ2v) is 4.98. The fourth-order valence-electron chi connectivity index (χ4n) is 1.17. The maximum absolute atomic E-state index is 11.5. The molecule has 1 amide bonds. The first kappa shape index (κ1) is 12.2. The summed E-state index contributed by atoms with van der Waals surface area (Å²) in [7, 11) is 0. The van der Waals surface area contributed by atoms with Crippen LogP contribution >= 0.6 is 11.8 Å². The Morgan fingerprint density at radius 1 is 1.40 bits per heavy atom. The minimum atomic E-state index is 0.119. The first-order valence-corrected chi connectivity index (χ1v) is 6.07. The van der Waals surface area contributed by atoms with Gasteiger partial charge in [0.05, 0.1) is 5.75 Å². The molecule has 0 N–H and O–H groups in total. The van der Waals surface area contributed by atoms with Gasteiger partial charge in [0.25, 0.3) is 0 Å². The summed E-state index contributed by atoms with van der Waals surface area (Å²) in [6.45, 7) is 8.03. The third kappa shape index (κ3) is 3.34. The number of nitrogens with zero attached hydrogens (tertiary/aromatic N) is 3. The number of carbonyl (C=O) groups excluding carboxylic acids is 1. The highest BCUT2D eigenvalue weighted by Crippen LogP contribution is 2.21. The quantitative estimate of drug-likeness (QED) is 0.546. The molecule has 0 aromatic carbocycles. The van der Waals surface area contributed by atoms with Crippen LogP contribution < -0.4 is 0 Å². The Labute approximate surface area is 94.8 Å². The second-order valence-electron chi connectivity index (χ2n) is 4.04. The highest BCUT2D eigenvalue weighted by Gasteiger charge is 2.30. The zero-order valence-corrected chi connectivity index (χ0v) is 10.4. The van der Waals surface area contributed by atoms with Gasteiger partial charge in [-0.1, -0.05) is 25.6 Å². The van der Waals surface area contributed by atoms with Crippen molar-refractivity contribution < 1.29 is 4.79 Å². The zero-order valence-electron chi connectivity index (χ0n) is 9.60. The van der Waals surface area contributed by atoms with E-state index in [-0.39, 0.29) is 11.9 Å². The van der Waals surface area contributed by atoms with Gasteiger partial charge in [-0.05, 0) is 19.8 Å². The van der Waals surface area contributed by atoms with Crippen LogP contribution in [0.5, 0.6) is 0 Å². The number of thioether (sulfide) groups is 1. The molecule has 5 heteroatoms. The van der Waals surface area contributed by atoms with E-state index in [1.54, 1.807) is 11.1 Å². The number of hydrogen-bond donors (Lipinski definition) is 0. The summed E-state index contributed by atoms with van der Waals surface area (Å²) in [5, 5.41) is 8.75. The Bertz CT molecular complexity index is 297. The fraction of sp³-hybridized carbons (Fsp3) is 0.700. The Hall–Kier alpha value is -0.840. The van der Waals surface area contributed by atoms with Crippen LogP contribution in [0.2, 0.25) is 0 Å². The van der Waals surface area contributed by atoms with Crippen LogP contribution in [0, 0.1) is 5.92 Å². The summed E-state index contributed by atoms with van der Waals surface area (Å²) in [6.07, 6.45) is 1.77. The zero-order chi connectivity index (χ0) is 11.4. The average molecular weight is 227 g/mol. The third-order valence-corrected chi connectivity index (χ3v) is 2.75. The number of amidine groups is 1. The normalized spacial score (nSPS) is 20.5. The highest BCUT2D eigenvalue weighted by atomic mass is 32.2. The lowest BCUT2D eigenvalue weighted by molar-refractivity contribution is -0.125. The van der Waals surface area contributed by atoms with E-state index < -0.39 is 0 Å². The summed E-state index contributed by atoms with van der Waals surface area (Å²) < 4.78 is 0. The van der Waals surface area contributed by atoms with Crippen molar-refractivity contribution in [3.05, 3.63) is 0 Å². The largest absolute Gasteiger partial charge is 0.287 e. The summed E-state index contributed by atoms with van der Waals surface area (Å²) in [5.74, 6) is 0.978. The Balaban J connectivity index is 2.73. The fourth-order valence-corrected chi connectivity index (χ4v) is 2.12. The van der Waals surface area contributed by atoms with Gasteiger partial charge >= 0.3 is 0 Å². The standard InChI is InChI=1S/C10H17N3OS/c1-7(2)5-11-12-10-13(8(3)4)9(14)6-15-10/h5,7-8H,6H2,1-4H3/b11-5+,12-10-. The van der Waals surface area contributed by atoms with Crippen molar-refractivity contribution in [1.82, 2.24) is 4.90 Å². The van der Waals surface area contributed by atoms with Crippen LogP contribution in [0.1, 0.15) is 27.7 Å². The summed E-state index contributed by atoms with van der Waals surface area (Å²) in [5.41, 5.74) is 0. The minimum absolute atomic E-state index is 0.119. The molecule has 1 fully saturated rings. The van der Waals surface area contributed by atoms with Gasteiger partial charge in [0.2, 0.25) is 5.91 Å². The number of hydrogen-bond acceptors (Lipinski definition) is 4. The van der Waals surface area contributed by atoms with Gasteiger partial charge in [0, 0.05) is 12.3 Å². The maximum atomic E-state index is 11.5. The molecule has 15 heavy (non-hydrogen) atoms. The highest BCUT2D eigenvalue weighted by molar-refractivity contribution is 8.15. The SMILES string of the molecule is CC(C)/C=N/N=C1\SCC(=O)N1C(C)C. The smallest absolute Gasteiger partial charge is 0.239 e. The topological polar surface area (TPSA) is 45.0 Å². The van der Waals surface area contributed by atoms with Crippen molar-refractivity contribution in [2.24, 2.45) is 16.1 Å². The predicted octanol–water partition coefficient (Wildman–Crippen LogP) is 1.97. The molecule has 1 aliphatic rings. The van der Waals surface area contributed by atoms with E-state index in [1.165, 1.54) is 11.8 Å². The van der Waals surface area contributed by atoms with Gasteiger partial charge < -0.3 is 0 Å². The predicted molar refractivity (Wildman–Crippen MR) is 65.2 cm³/mol. The molecule has 0 bridgehead atoms. The van der Waals surface area contributed by atoms with Crippen LogP contribution in [-0.4, -0.2) is 34.0 Å². The van der Waals surface area contributed by atoms with Crippen molar-refractivity contribution in [2.75, 3.05) is 5.75 Å². The molecule has 0 aromatic rings. The molecule has 0 atom stereocenters. The lowest BCUT2D eigenvalue weighted by Gasteiger charge is -2.19. The molecule has 1 heterocycles. The van der Waals surface area contributed by atoms with Crippen LogP contribution in [0.4, 0.5) is 0 Å². The second kappa shape index (κ2) is 5.30. The summed E-state index contributed by atoms with van der Waals surface area (Å²) in [4.78, 5) is 13.2. The van der Waals surface area contributed by atoms with Crippen LogP contribution in [-0.2, 0) is 4.79 Å². The van der Waals surface area contributed by atoms with E-state index in [9.17, 15) is 4.79 Å². The van der Waals surface area contributed by atoms with Crippen molar-refractivity contribution in [2.45, 2.75) is 33.7 Å². The number of carbonyl (C=O) groups is 1. The van der Waals surface area contributed by atoms with Crippen LogP contribution in [0.15, 0.2) is 10.2 Å². The minimum Gasteiger partial charge on any atom is -0.287 e. The molecule has 0 aromatic heterocycles. The summed E-state index contributed by atoms with van der Waals surface area (Å²) in [6, 6.07) is 0.153. The molecule has 1 saturated heterocycles. The maximum Gasteiger partial charge on any atom is 0.239 e. The molecule has 0 saturated carbocycles. The first-order valence-electron chi connectivity index (χ1n) is 5.08. The Morgan fingerprint density at radius 2 is 2.07 bits per heavy atom. The van der Waals surface area contributed by atoms with Gasteiger partial charge in [-0.3, -0.25) is 9.69 Å².